The molecule has 1 saturated heterocycles. The van der Waals surface area contributed by atoms with Crippen molar-refractivity contribution in [1.29, 1.82) is 0 Å². The molecule has 2 aliphatic carbocycles. The normalized spacial score (nSPS) is 22.5. The van der Waals surface area contributed by atoms with E-state index < -0.39 is 74.1 Å². The smallest absolute Gasteiger partial charge is 0.408 e. The van der Waals surface area contributed by atoms with Gasteiger partial charge in [0.15, 0.2) is 0 Å². The molecule has 0 radical (unpaired) electrons. The van der Waals surface area contributed by atoms with Gasteiger partial charge < -0.3 is 29.7 Å². The number of ether oxygens (including phenoxy) is 3. The number of alkyl carbamates (subject to hydrolysis) is 1. The summed E-state index contributed by atoms with van der Waals surface area (Å²) in [6.07, 6.45) is 2.35. The van der Waals surface area contributed by atoms with E-state index in [0.29, 0.717) is 40.9 Å². The van der Waals surface area contributed by atoms with Crippen LogP contribution in [0.1, 0.15) is 46.5 Å². The Morgan fingerprint density at radius 2 is 1.80 bits per heavy atom. The van der Waals surface area contributed by atoms with Crippen LogP contribution in [-0.4, -0.2) is 91.4 Å². The second kappa shape index (κ2) is 15.4. The number of hydrogen-bond donors (Lipinski definition) is 3. The highest BCUT2D eigenvalue weighted by molar-refractivity contribution is 7.91. The van der Waals surface area contributed by atoms with Gasteiger partial charge in [-0.2, -0.15) is 0 Å². The van der Waals surface area contributed by atoms with Gasteiger partial charge in [0.05, 0.1) is 30.1 Å². The van der Waals surface area contributed by atoms with Crippen LogP contribution >= 0.6 is 0 Å². The molecule has 0 spiro atoms. The summed E-state index contributed by atoms with van der Waals surface area (Å²) in [6.45, 7) is 12.5. The Labute approximate surface area is 320 Å². The fourth-order valence-corrected chi connectivity index (χ4v) is 8.20. The highest BCUT2D eigenvalue weighted by atomic mass is 32.2. The second-order valence-corrected chi connectivity index (χ2v) is 17.2. The molecule has 3 aromatic rings. The highest BCUT2D eigenvalue weighted by Crippen LogP contribution is 2.46. The second-order valence-electron chi connectivity index (χ2n) is 15.2. The van der Waals surface area contributed by atoms with Crippen molar-refractivity contribution in [3.05, 3.63) is 79.9 Å². The molecular formula is C40H47N5O9S. The minimum absolute atomic E-state index is 0.00676. The molecule has 3 fully saturated rings. The van der Waals surface area contributed by atoms with Gasteiger partial charge in [0.2, 0.25) is 21.8 Å². The number of carbonyl (C=O) groups excluding carboxylic acids is 4. The lowest BCUT2D eigenvalue weighted by molar-refractivity contribution is -0.142. The molecule has 2 heterocycles. The van der Waals surface area contributed by atoms with Crippen LogP contribution in [0.5, 0.6) is 11.5 Å². The molecule has 14 nitrogen and oxygen atoms in total. The van der Waals surface area contributed by atoms with E-state index in [-0.39, 0.29) is 26.0 Å². The first kappa shape index (κ1) is 39.3. The summed E-state index contributed by atoms with van der Waals surface area (Å²) in [5.74, 6) is -1.60. The number of carbonyl (C=O) groups is 4. The Hall–Kier alpha value is -5.44. The summed E-state index contributed by atoms with van der Waals surface area (Å²) in [4.78, 5) is 61.4. The van der Waals surface area contributed by atoms with E-state index in [1.165, 1.54) is 17.1 Å². The van der Waals surface area contributed by atoms with Crippen molar-refractivity contribution in [2.24, 2.45) is 11.3 Å². The van der Waals surface area contributed by atoms with Gasteiger partial charge >= 0.3 is 6.09 Å². The average molecular weight is 774 g/mol. The molecule has 1 unspecified atom stereocenters. The predicted molar refractivity (Wildman–Crippen MR) is 205 cm³/mol. The molecule has 1 aromatic heterocycles. The molecule has 2 aromatic carbocycles. The van der Waals surface area contributed by atoms with Crippen molar-refractivity contribution >= 4 is 44.7 Å². The van der Waals surface area contributed by atoms with Gasteiger partial charge in [-0.25, -0.2) is 18.2 Å². The number of hydrogen-bond acceptors (Lipinski definition) is 10. The monoisotopic (exact) mass is 773 g/mol. The van der Waals surface area contributed by atoms with E-state index >= 15 is 0 Å². The largest absolute Gasteiger partial charge is 0.497 e. The standard InChI is InChI=1S/C40H47N5O9S/c1-7-18-53-38(49)42-34(39(3,4)5)36(47)45-23-27(20-32(45)35(46)43-40(22-25(40)8-2)37(48)44-55(50,51)28-15-16-28)54-33-21-30(24-12-10-9-11-13-24)41-31-19-26(52-6)14-17-29(31)33/h7-14,17,19,21,25,27-28,32,34H,1-2,15-16,18,20,22-23H2,3-6H3,(H,42,49)(H,43,46)(H,44,48)/t25-,27-,32?,34-,40-/m1/s1. The molecule has 15 heteroatoms. The van der Waals surface area contributed by atoms with E-state index in [4.69, 9.17) is 19.2 Å². The number of aromatic nitrogens is 1. The number of sulfonamides is 1. The number of methoxy groups -OCH3 is 1. The summed E-state index contributed by atoms with van der Waals surface area (Å²) in [6, 6.07) is 14.4. The van der Waals surface area contributed by atoms with Crippen molar-refractivity contribution in [2.75, 3.05) is 20.3 Å². The van der Waals surface area contributed by atoms with Crippen LogP contribution in [0.3, 0.4) is 0 Å². The third-order valence-electron chi connectivity index (χ3n) is 10.1. The maximum absolute atomic E-state index is 14.5. The Balaban J connectivity index is 1.34. The molecule has 1 aliphatic heterocycles. The van der Waals surface area contributed by atoms with Crippen LogP contribution in [0, 0.1) is 11.3 Å². The zero-order valence-corrected chi connectivity index (χ0v) is 32.2. The summed E-state index contributed by atoms with van der Waals surface area (Å²) >= 11 is 0. The van der Waals surface area contributed by atoms with Gasteiger partial charge in [-0.3, -0.25) is 19.1 Å². The number of benzene rings is 2. The minimum atomic E-state index is -3.92. The minimum Gasteiger partial charge on any atom is -0.497 e. The van der Waals surface area contributed by atoms with Gasteiger partial charge in [-0.05, 0) is 36.8 Å². The van der Waals surface area contributed by atoms with Crippen LogP contribution in [0.2, 0.25) is 0 Å². The van der Waals surface area contributed by atoms with Crippen molar-refractivity contribution in [1.82, 2.24) is 25.2 Å². The summed E-state index contributed by atoms with van der Waals surface area (Å²) in [5, 5.41) is 5.47. The number of fused-ring (bicyclic) bond motifs is 1. The molecule has 0 bridgehead atoms. The van der Waals surface area contributed by atoms with E-state index in [1.54, 1.807) is 46.1 Å². The van der Waals surface area contributed by atoms with Gasteiger partial charge in [-0.15, -0.1) is 6.58 Å². The zero-order valence-electron chi connectivity index (χ0n) is 31.4. The molecule has 55 heavy (non-hydrogen) atoms. The van der Waals surface area contributed by atoms with Crippen LogP contribution in [0.25, 0.3) is 22.2 Å². The van der Waals surface area contributed by atoms with Crippen molar-refractivity contribution in [2.45, 2.75) is 75.4 Å². The molecule has 5 atom stereocenters. The third-order valence-corrected chi connectivity index (χ3v) is 12.0. The average Bonchev–Trinajstić information content (AvgIpc) is 4.09. The van der Waals surface area contributed by atoms with Crippen LogP contribution in [-0.2, 0) is 29.1 Å². The fraction of sp³-hybridized carbons (Fsp3) is 0.425. The highest BCUT2D eigenvalue weighted by Gasteiger charge is 2.62. The SMILES string of the molecule is C=CCOC(=O)N[C@H](C(=O)N1C[C@H](Oc2cc(-c3ccccc3)nc3cc(OC)ccc23)CC1C(=O)N[C@]1(C(=O)NS(=O)(=O)C2CC2)C[C@H]1C=C)C(C)(C)C. The van der Waals surface area contributed by atoms with Gasteiger partial charge in [0.25, 0.3) is 5.91 Å². The molecular weight excluding hydrogens is 727 g/mol. The molecule has 6 rings (SSSR count). The van der Waals surface area contributed by atoms with E-state index in [2.05, 4.69) is 28.5 Å². The molecule has 3 aliphatic rings. The summed E-state index contributed by atoms with van der Waals surface area (Å²) in [5.41, 5.74) is -0.337. The molecule has 292 valence electrons. The topological polar surface area (TPSA) is 182 Å². The number of rotatable bonds is 14. The Kier molecular flexibility index (Phi) is 11.0. The maximum Gasteiger partial charge on any atom is 0.408 e. The van der Waals surface area contributed by atoms with Gasteiger partial charge in [0.1, 0.15) is 41.8 Å². The lowest BCUT2D eigenvalue weighted by Gasteiger charge is -2.35. The predicted octanol–water partition coefficient (Wildman–Crippen LogP) is 4.25. The fourth-order valence-electron chi connectivity index (χ4n) is 6.84. The van der Waals surface area contributed by atoms with Crippen molar-refractivity contribution in [3.8, 4) is 22.8 Å². The lowest BCUT2D eigenvalue weighted by Crippen LogP contribution is -2.60. The molecule has 2 saturated carbocycles. The Morgan fingerprint density at radius 1 is 1.07 bits per heavy atom. The van der Waals surface area contributed by atoms with E-state index in [1.807, 2.05) is 36.4 Å². The number of pyridine rings is 1. The van der Waals surface area contributed by atoms with Gasteiger partial charge in [-0.1, -0.05) is 69.8 Å². The van der Waals surface area contributed by atoms with Crippen LogP contribution < -0.4 is 24.8 Å². The van der Waals surface area contributed by atoms with E-state index in [9.17, 15) is 27.6 Å². The molecule has 3 N–H and O–H groups in total. The quantitative estimate of drug-likeness (QED) is 0.200. The first-order chi connectivity index (χ1) is 26.1. The summed E-state index contributed by atoms with van der Waals surface area (Å²) < 4.78 is 44.9. The molecule has 4 amide bonds. The number of nitrogens with zero attached hydrogens (tertiary/aromatic N) is 2. The number of likely N-dealkylation sites (tertiary alicyclic amines) is 1. The van der Waals surface area contributed by atoms with Crippen molar-refractivity contribution in [3.63, 3.8) is 0 Å². The Morgan fingerprint density at radius 3 is 2.42 bits per heavy atom. The zero-order chi connectivity index (χ0) is 39.7. The number of nitrogens with one attached hydrogen (secondary N) is 3. The summed E-state index contributed by atoms with van der Waals surface area (Å²) in [7, 11) is -2.35. The van der Waals surface area contributed by atoms with E-state index in [0.717, 1.165) is 5.56 Å². The first-order valence-electron chi connectivity index (χ1n) is 18.2. The van der Waals surface area contributed by atoms with Crippen molar-refractivity contribution < 1.29 is 41.8 Å². The van der Waals surface area contributed by atoms with Crippen LogP contribution in [0.4, 0.5) is 4.79 Å². The van der Waals surface area contributed by atoms with Gasteiger partial charge in [0, 0.05) is 35.4 Å². The lowest BCUT2D eigenvalue weighted by atomic mass is 9.85. The Bertz CT molecular complexity index is 2120. The maximum atomic E-state index is 14.5. The number of amides is 4. The van der Waals surface area contributed by atoms with Crippen LogP contribution in [0.15, 0.2) is 79.9 Å². The first-order valence-corrected chi connectivity index (χ1v) is 19.7. The third kappa shape index (κ3) is 8.46.